The van der Waals surface area contributed by atoms with Crippen LogP contribution in [0.5, 0.6) is 11.5 Å². The van der Waals surface area contributed by atoms with Gasteiger partial charge in [-0.1, -0.05) is 58.6 Å². The summed E-state index contributed by atoms with van der Waals surface area (Å²) in [5.74, 6) is 0.799. The van der Waals surface area contributed by atoms with Gasteiger partial charge in [-0.2, -0.15) is 15.1 Å². The van der Waals surface area contributed by atoms with Gasteiger partial charge in [-0.05, 0) is 66.8 Å². The molecular weight excluding hydrogens is 554 g/mol. The van der Waals surface area contributed by atoms with Gasteiger partial charge in [-0.15, -0.1) is 0 Å². The fourth-order valence-electron chi connectivity index (χ4n) is 4.50. The number of hydrogen-bond donors (Lipinski definition) is 1. The molecule has 4 rings (SSSR count). The second kappa shape index (κ2) is 14.8. The van der Waals surface area contributed by atoms with E-state index in [1.54, 1.807) is 0 Å². The van der Waals surface area contributed by atoms with Crippen LogP contribution in [0.25, 0.3) is 6.08 Å². The molecule has 0 bridgehead atoms. The van der Waals surface area contributed by atoms with Crippen LogP contribution in [0.2, 0.25) is 0 Å². The van der Waals surface area contributed by atoms with E-state index < -0.39 is 10.8 Å². The molecule has 0 saturated carbocycles. The molecule has 1 amide bonds. The Morgan fingerprint density at radius 3 is 2.52 bits per heavy atom. The molecule has 2 aromatic rings. The zero-order valence-corrected chi connectivity index (χ0v) is 25.1. The maximum atomic E-state index is 12.9. The molecule has 10 nitrogen and oxygen atoms in total. The van der Waals surface area contributed by atoms with E-state index >= 15 is 0 Å². The number of nitro benzene ring substituents is 1. The molecular formula is C31H37N5O5S. The van der Waals surface area contributed by atoms with Crippen molar-refractivity contribution in [3.63, 3.8) is 0 Å². The minimum atomic E-state index is -0.597. The molecule has 0 aliphatic carbocycles. The van der Waals surface area contributed by atoms with E-state index in [4.69, 9.17) is 14.9 Å². The average Bonchev–Trinajstić information content (AvgIpc) is 3.40. The highest BCUT2D eigenvalue weighted by Gasteiger charge is 2.35. The van der Waals surface area contributed by atoms with Crippen LogP contribution in [0.3, 0.4) is 0 Å². The summed E-state index contributed by atoms with van der Waals surface area (Å²) in [7, 11) is 0. The van der Waals surface area contributed by atoms with Crippen molar-refractivity contribution >= 4 is 45.5 Å². The first-order valence-corrected chi connectivity index (χ1v) is 15.3. The summed E-state index contributed by atoms with van der Waals surface area (Å²) in [4.78, 5) is 28.1. The van der Waals surface area contributed by atoms with Crippen molar-refractivity contribution in [1.29, 1.82) is 5.41 Å². The van der Waals surface area contributed by atoms with Gasteiger partial charge in [0.1, 0.15) is 29.8 Å². The van der Waals surface area contributed by atoms with Crippen molar-refractivity contribution < 1.29 is 19.2 Å². The van der Waals surface area contributed by atoms with E-state index in [0.29, 0.717) is 22.4 Å². The first-order chi connectivity index (χ1) is 20.3. The number of nitrogens with zero attached hydrogens (tertiary/aromatic N) is 4. The van der Waals surface area contributed by atoms with Crippen molar-refractivity contribution in [3.05, 3.63) is 69.3 Å². The lowest BCUT2D eigenvalue weighted by Gasteiger charge is -2.20. The summed E-state index contributed by atoms with van der Waals surface area (Å²) < 4.78 is 11.7. The number of aliphatic imine (C=N–C) groups is 1. The highest BCUT2D eigenvalue weighted by Crippen LogP contribution is 2.32. The molecule has 0 aromatic heterocycles. The van der Waals surface area contributed by atoms with Crippen LogP contribution < -0.4 is 9.47 Å². The summed E-state index contributed by atoms with van der Waals surface area (Å²) in [6.45, 7) is 6.92. The van der Waals surface area contributed by atoms with Crippen LogP contribution >= 0.6 is 11.8 Å². The maximum Gasteiger partial charge on any atom is 0.283 e. The number of nitro groups is 1. The fourth-order valence-corrected chi connectivity index (χ4v) is 5.43. The van der Waals surface area contributed by atoms with Gasteiger partial charge < -0.3 is 9.47 Å². The third-order valence-corrected chi connectivity index (χ3v) is 8.13. The Morgan fingerprint density at radius 1 is 1.07 bits per heavy atom. The van der Waals surface area contributed by atoms with E-state index in [1.165, 1.54) is 65.9 Å². The third kappa shape index (κ3) is 7.84. The van der Waals surface area contributed by atoms with E-state index in [2.05, 4.69) is 43.0 Å². The summed E-state index contributed by atoms with van der Waals surface area (Å²) in [5.41, 5.74) is 1.36. The molecule has 1 unspecified atom stereocenters. The first-order valence-electron chi connectivity index (χ1n) is 14.4. The number of fused-ring (bicyclic) bond motifs is 1. The minimum absolute atomic E-state index is 0.0182. The summed E-state index contributed by atoms with van der Waals surface area (Å²) >= 11 is 1.31. The minimum Gasteiger partial charge on any atom is -0.490 e. The summed E-state index contributed by atoms with van der Waals surface area (Å²) in [5, 5.41) is 27.2. The Bertz CT molecular complexity index is 1400. The van der Waals surface area contributed by atoms with Gasteiger partial charge in [0.05, 0.1) is 10.5 Å². The zero-order chi connectivity index (χ0) is 30.1. The number of ether oxygens (including phenoxy) is 2. The topological polar surface area (TPSA) is 130 Å². The number of rotatable bonds is 15. The molecule has 0 saturated heterocycles. The third-order valence-electron chi connectivity index (χ3n) is 7.17. The van der Waals surface area contributed by atoms with Crippen LogP contribution in [0, 0.1) is 15.5 Å². The van der Waals surface area contributed by atoms with Gasteiger partial charge in [-0.3, -0.25) is 20.3 Å². The van der Waals surface area contributed by atoms with Crippen molar-refractivity contribution in [3.8, 4) is 11.5 Å². The predicted octanol–water partition coefficient (Wildman–Crippen LogP) is 7.55. The molecule has 0 spiro atoms. The number of hydrazone groups is 1. The van der Waals surface area contributed by atoms with E-state index in [1.807, 2.05) is 12.1 Å². The molecule has 2 heterocycles. The number of non-ortho nitro benzene ring substituents is 1. The number of unbranched alkanes of at least 4 members (excludes halogenated alkanes) is 4. The molecule has 1 atom stereocenters. The fraction of sp³-hybridized carbons (Fsp3) is 0.419. The Balaban J connectivity index is 1.45. The number of amidine groups is 2. The van der Waals surface area contributed by atoms with Gasteiger partial charge in [0.15, 0.2) is 5.84 Å². The molecule has 1 N–H and O–H groups in total. The number of hydrogen-bond acceptors (Lipinski definition) is 8. The highest BCUT2D eigenvalue weighted by molar-refractivity contribution is 8.26. The normalized spacial score (nSPS) is 16.3. The number of carbonyl (C=O) groups is 1. The monoisotopic (exact) mass is 591 g/mol. The lowest BCUT2D eigenvalue weighted by Crippen LogP contribution is -2.35. The predicted molar refractivity (Wildman–Crippen MR) is 168 cm³/mol. The second-order valence-corrected chi connectivity index (χ2v) is 11.3. The van der Waals surface area contributed by atoms with Crippen molar-refractivity contribution in [2.24, 2.45) is 10.1 Å². The standard InChI is InChI=1S/C31H37N5O5S/c1-4-6-7-8-9-10-28-34-35-29(32)26(30(37)33-31(35)42-28)20-23-19-24(36(38)39)13-16-27(23)41-18-17-40-25-14-11-22(12-15-25)21(3)5-2/h11-16,19-21,32H,4-10,17-18H2,1-3H3/b26-20-,32-29?. The molecule has 222 valence electrons. The SMILES string of the molecule is CCCCCCCC1=NN2C(=N)/C(=C/c3cc([N+](=O)[O-])ccc3OCCOc3ccc(C(C)CC)cc3)C(=O)N=C2S1. The van der Waals surface area contributed by atoms with Crippen molar-refractivity contribution in [1.82, 2.24) is 5.01 Å². The zero-order valence-electron chi connectivity index (χ0n) is 24.3. The molecule has 2 aliphatic rings. The Morgan fingerprint density at radius 2 is 1.81 bits per heavy atom. The van der Waals surface area contributed by atoms with Crippen LogP contribution in [0.15, 0.2) is 58.1 Å². The molecule has 0 radical (unpaired) electrons. The number of thioether (sulfide) groups is 1. The lowest BCUT2D eigenvalue weighted by molar-refractivity contribution is -0.384. The van der Waals surface area contributed by atoms with Gasteiger partial charge >= 0.3 is 0 Å². The van der Waals surface area contributed by atoms with Crippen LogP contribution in [0.1, 0.15) is 82.8 Å². The number of benzene rings is 2. The van der Waals surface area contributed by atoms with Gasteiger partial charge in [-0.25, -0.2) is 0 Å². The lowest BCUT2D eigenvalue weighted by atomic mass is 9.99. The van der Waals surface area contributed by atoms with E-state index in [-0.39, 0.29) is 30.3 Å². The molecule has 42 heavy (non-hydrogen) atoms. The maximum absolute atomic E-state index is 12.9. The number of amides is 1. The number of carbonyl (C=O) groups excluding carboxylic acids is 1. The first kappa shape index (κ1) is 31.0. The smallest absolute Gasteiger partial charge is 0.283 e. The molecule has 2 aliphatic heterocycles. The van der Waals surface area contributed by atoms with Crippen LogP contribution in [-0.4, -0.2) is 45.1 Å². The Hall–Kier alpha value is -3.99. The Kier molecular flexibility index (Phi) is 10.9. The molecule has 0 fully saturated rings. The van der Waals surface area contributed by atoms with Crippen molar-refractivity contribution in [2.45, 2.75) is 71.6 Å². The van der Waals surface area contributed by atoms with Gasteiger partial charge in [0.2, 0.25) is 5.17 Å². The van der Waals surface area contributed by atoms with Gasteiger partial charge in [0.25, 0.3) is 11.6 Å². The molecule has 11 heteroatoms. The number of nitrogens with one attached hydrogen (secondary N) is 1. The highest BCUT2D eigenvalue weighted by atomic mass is 32.2. The van der Waals surface area contributed by atoms with E-state index in [9.17, 15) is 14.9 Å². The van der Waals surface area contributed by atoms with Gasteiger partial charge in [0, 0.05) is 17.7 Å². The van der Waals surface area contributed by atoms with E-state index in [0.717, 1.165) is 36.5 Å². The largest absolute Gasteiger partial charge is 0.490 e. The molecule has 2 aromatic carbocycles. The second-order valence-electron chi connectivity index (χ2n) is 10.2. The van der Waals surface area contributed by atoms with Crippen molar-refractivity contribution in [2.75, 3.05) is 13.2 Å². The Labute approximate surface area is 250 Å². The quantitative estimate of drug-likeness (QED) is 0.0979. The van der Waals surface area contributed by atoms with Crippen LogP contribution in [-0.2, 0) is 4.79 Å². The van der Waals surface area contributed by atoms with Crippen LogP contribution in [0.4, 0.5) is 5.69 Å². The average molecular weight is 592 g/mol. The summed E-state index contributed by atoms with van der Waals surface area (Å²) in [6, 6.07) is 12.1. The summed E-state index contributed by atoms with van der Waals surface area (Å²) in [6.07, 6.45) is 8.87.